The van der Waals surface area contributed by atoms with Gasteiger partial charge in [0, 0.05) is 5.69 Å². The SMILES string of the molecule is COc1ccc(Nc2nc(N)c(/C=N/O)c(OCC3CCCCC3)n2)cc1. The molecule has 27 heavy (non-hydrogen) atoms. The summed E-state index contributed by atoms with van der Waals surface area (Å²) in [5, 5.41) is 15.1. The number of benzene rings is 1. The highest BCUT2D eigenvalue weighted by Gasteiger charge is 2.18. The minimum absolute atomic E-state index is 0.178. The Morgan fingerprint density at radius 1 is 1.22 bits per heavy atom. The quantitative estimate of drug-likeness (QED) is 0.387. The Morgan fingerprint density at radius 2 is 1.96 bits per heavy atom. The summed E-state index contributed by atoms with van der Waals surface area (Å²) in [4.78, 5) is 8.64. The van der Waals surface area contributed by atoms with Crippen LogP contribution in [0.25, 0.3) is 0 Å². The van der Waals surface area contributed by atoms with Crippen LogP contribution in [0.2, 0.25) is 0 Å². The minimum atomic E-state index is 0.178. The van der Waals surface area contributed by atoms with Gasteiger partial charge >= 0.3 is 0 Å². The van der Waals surface area contributed by atoms with Crippen molar-refractivity contribution in [2.24, 2.45) is 11.1 Å². The molecule has 1 aromatic carbocycles. The van der Waals surface area contributed by atoms with Crippen molar-refractivity contribution in [3.63, 3.8) is 0 Å². The molecule has 144 valence electrons. The number of methoxy groups -OCH3 is 1. The second-order valence-electron chi connectivity index (χ2n) is 6.56. The lowest BCUT2D eigenvalue weighted by Gasteiger charge is -2.22. The number of rotatable bonds is 7. The van der Waals surface area contributed by atoms with Gasteiger partial charge in [0.2, 0.25) is 11.8 Å². The Bertz CT molecular complexity index is 774. The van der Waals surface area contributed by atoms with Crippen molar-refractivity contribution < 1.29 is 14.7 Å². The van der Waals surface area contributed by atoms with Gasteiger partial charge in [0.15, 0.2) is 0 Å². The summed E-state index contributed by atoms with van der Waals surface area (Å²) in [6, 6.07) is 7.37. The van der Waals surface area contributed by atoms with Crippen molar-refractivity contribution in [1.82, 2.24) is 9.97 Å². The average molecular weight is 371 g/mol. The maximum atomic E-state index is 8.91. The van der Waals surface area contributed by atoms with Crippen LogP contribution in [0.15, 0.2) is 29.4 Å². The Balaban J connectivity index is 1.78. The highest BCUT2D eigenvalue weighted by molar-refractivity contribution is 5.88. The molecular formula is C19H25N5O3. The number of nitrogen functional groups attached to an aromatic ring is 1. The fourth-order valence-electron chi connectivity index (χ4n) is 3.16. The third-order valence-electron chi connectivity index (χ3n) is 4.65. The number of nitrogens with one attached hydrogen (secondary N) is 1. The summed E-state index contributed by atoms with van der Waals surface area (Å²) in [5.74, 6) is 2.06. The van der Waals surface area contributed by atoms with Crippen LogP contribution in [-0.4, -0.2) is 35.1 Å². The fraction of sp³-hybridized carbons (Fsp3) is 0.421. The first kappa shape index (κ1) is 18.8. The average Bonchev–Trinajstić information content (AvgIpc) is 2.70. The molecule has 2 aromatic rings. The molecule has 0 aliphatic heterocycles. The molecule has 1 aromatic heterocycles. The zero-order valence-electron chi connectivity index (χ0n) is 15.4. The lowest BCUT2D eigenvalue weighted by Crippen LogP contribution is -2.17. The Hall–Kier alpha value is -3.03. The second-order valence-corrected chi connectivity index (χ2v) is 6.56. The monoisotopic (exact) mass is 371 g/mol. The molecule has 0 radical (unpaired) electrons. The van der Waals surface area contributed by atoms with Crippen molar-refractivity contribution in [3.8, 4) is 11.6 Å². The molecule has 1 fully saturated rings. The van der Waals surface area contributed by atoms with Crippen LogP contribution in [0.5, 0.6) is 11.6 Å². The number of hydrogen-bond acceptors (Lipinski definition) is 8. The number of hydrogen-bond donors (Lipinski definition) is 3. The third-order valence-corrected chi connectivity index (χ3v) is 4.65. The smallest absolute Gasteiger partial charge is 0.232 e. The van der Waals surface area contributed by atoms with Crippen LogP contribution in [0.3, 0.4) is 0 Å². The zero-order chi connectivity index (χ0) is 19.1. The predicted molar refractivity (Wildman–Crippen MR) is 104 cm³/mol. The first-order valence-corrected chi connectivity index (χ1v) is 9.08. The normalized spacial score (nSPS) is 15.0. The molecule has 0 spiro atoms. The lowest BCUT2D eigenvalue weighted by atomic mass is 9.90. The first-order valence-electron chi connectivity index (χ1n) is 9.08. The molecule has 1 aliphatic rings. The summed E-state index contributed by atoms with van der Waals surface area (Å²) in [7, 11) is 1.61. The number of anilines is 3. The van der Waals surface area contributed by atoms with Gasteiger partial charge in [0.25, 0.3) is 0 Å². The summed E-state index contributed by atoms with van der Waals surface area (Å²) in [6.07, 6.45) is 7.25. The maximum absolute atomic E-state index is 8.91. The molecule has 1 heterocycles. The Labute approximate surface area is 158 Å². The molecule has 1 aliphatic carbocycles. The van der Waals surface area contributed by atoms with E-state index < -0.39 is 0 Å². The number of oxime groups is 1. The Morgan fingerprint density at radius 3 is 2.63 bits per heavy atom. The van der Waals surface area contributed by atoms with Gasteiger partial charge in [-0.25, -0.2) is 0 Å². The van der Waals surface area contributed by atoms with E-state index in [1.807, 2.05) is 24.3 Å². The Kier molecular flexibility index (Phi) is 6.30. The second kappa shape index (κ2) is 9.07. The van der Waals surface area contributed by atoms with Crippen molar-refractivity contribution >= 4 is 23.7 Å². The van der Waals surface area contributed by atoms with E-state index in [9.17, 15) is 0 Å². The van der Waals surface area contributed by atoms with Crippen molar-refractivity contribution in [2.45, 2.75) is 32.1 Å². The largest absolute Gasteiger partial charge is 0.497 e. The minimum Gasteiger partial charge on any atom is -0.497 e. The van der Waals surface area contributed by atoms with E-state index in [4.69, 9.17) is 20.4 Å². The summed E-state index contributed by atoms with van der Waals surface area (Å²) >= 11 is 0. The van der Waals surface area contributed by atoms with Gasteiger partial charge in [-0.1, -0.05) is 24.4 Å². The van der Waals surface area contributed by atoms with Gasteiger partial charge in [-0.2, -0.15) is 9.97 Å². The highest BCUT2D eigenvalue weighted by Crippen LogP contribution is 2.27. The molecule has 1 saturated carbocycles. The van der Waals surface area contributed by atoms with Crippen molar-refractivity contribution in [2.75, 3.05) is 24.8 Å². The number of nitrogens with two attached hydrogens (primary N) is 1. The molecule has 0 unspecified atom stereocenters. The van der Waals surface area contributed by atoms with Crippen LogP contribution in [0.4, 0.5) is 17.5 Å². The van der Waals surface area contributed by atoms with Gasteiger partial charge in [-0.3, -0.25) is 0 Å². The third kappa shape index (κ3) is 4.99. The van der Waals surface area contributed by atoms with E-state index in [1.54, 1.807) is 7.11 Å². The van der Waals surface area contributed by atoms with Crippen LogP contribution in [0, 0.1) is 5.92 Å². The van der Waals surface area contributed by atoms with E-state index in [0.29, 0.717) is 29.9 Å². The highest BCUT2D eigenvalue weighted by atomic mass is 16.5. The van der Waals surface area contributed by atoms with E-state index in [-0.39, 0.29) is 5.82 Å². The molecule has 0 saturated heterocycles. The molecule has 0 atom stereocenters. The van der Waals surface area contributed by atoms with Crippen LogP contribution < -0.4 is 20.5 Å². The maximum Gasteiger partial charge on any atom is 0.232 e. The topological polar surface area (TPSA) is 115 Å². The molecular weight excluding hydrogens is 346 g/mol. The van der Waals surface area contributed by atoms with Gasteiger partial charge in [-0.15, -0.1) is 0 Å². The van der Waals surface area contributed by atoms with E-state index in [2.05, 4.69) is 20.4 Å². The van der Waals surface area contributed by atoms with E-state index in [0.717, 1.165) is 24.3 Å². The lowest BCUT2D eigenvalue weighted by molar-refractivity contribution is 0.202. The van der Waals surface area contributed by atoms with Crippen molar-refractivity contribution in [3.05, 3.63) is 29.8 Å². The number of aromatic nitrogens is 2. The number of nitrogens with zero attached hydrogens (tertiary/aromatic N) is 3. The summed E-state index contributed by atoms with van der Waals surface area (Å²) in [5.41, 5.74) is 7.18. The van der Waals surface area contributed by atoms with Crippen LogP contribution in [0.1, 0.15) is 37.7 Å². The van der Waals surface area contributed by atoms with E-state index in [1.165, 1.54) is 25.5 Å². The molecule has 3 rings (SSSR count). The van der Waals surface area contributed by atoms with Gasteiger partial charge in [0.05, 0.1) is 19.9 Å². The zero-order valence-corrected chi connectivity index (χ0v) is 15.4. The standard InChI is InChI=1S/C19H25N5O3/c1-26-15-9-7-14(8-10-15)22-19-23-17(20)16(11-21-25)18(24-19)27-12-13-5-3-2-4-6-13/h7-11,13,25H,2-6,12H2,1H3,(H3,20,22,23,24)/b21-11+. The van der Waals surface area contributed by atoms with Crippen LogP contribution in [-0.2, 0) is 0 Å². The molecule has 0 bridgehead atoms. The summed E-state index contributed by atoms with van der Waals surface area (Å²) < 4.78 is 11.1. The molecule has 4 N–H and O–H groups in total. The van der Waals surface area contributed by atoms with Gasteiger partial charge in [0.1, 0.15) is 17.1 Å². The molecule has 8 heteroatoms. The molecule has 0 amide bonds. The molecule has 8 nitrogen and oxygen atoms in total. The summed E-state index contributed by atoms with van der Waals surface area (Å²) in [6.45, 7) is 0.560. The van der Waals surface area contributed by atoms with Crippen molar-refractivity contribution in [1.29, 1.82) is 0 Å². The van der Waals surface area contributed by atoms with E-state index >= 15 is 0 Å². The first-order chi connectivity index (χ1) is 13.2. The van der Waals surface area contributed by atoms with Gasteiger partial charge < -0.3 is 25.7 Å². The number of ether oxygens (including phenoxy) is 2. The van der Waals surface area contributed by atoms with Crippen LogP contribution >= 0.6 is 0 Å². The predicted octanol–water partition coefficient (Wildman–Crippen LogP) is 3.58. The fourth-order valence-corrected chi connectivity index (χ4v) is 3.16. The van der Waals surface area contributed by atoms with Gasteiger partial charge in [-0.05, 0) is 43.0 Å².